The van der Waals surface area contributed by atoms with Crippen LogP contribution in [0.5, 0.6) is 0 Å². The first kappa shape index (κ1) is 11.0. The fourth-order valence-electron chi connectivity index (χ4n) is 2.08. The van der Waals surface area contributed by atoms with Gasteiger partial charge in [-0.2, -0.15) is 0 Å². The van der Waals surface area contributed by atoms with Gasteiger partial charge in [-0.1, -0.05) is 0 Å². The van der Waals surface area contributed by atoms with Gasteiger partial charge in [0.05, 0.1) is 5.01 Å². The average Bonchev–Trinajstić information content (AvgIpc) is 2.80. The molecule has 1 fully saturated rings. The van der Waals surface area contributed by atoms with Crippen LogP contribution in [0.2, 0.25) is 0 Å². The number of nitrogens with zero attached hydrogens (tertiary/aromatic N) is 2. The minimum absolute atomic E-state index is 0.737. The van der Waals surface area contributed by atoms with E-state index in [1.54, 1.807) is 11.3 Å². The fourth-order valence-corrected chi connectivity index (χ4v) is 2.69. The Labute approximate surface area is 95.5 Å². The summed E-state index contributed by atoms with van der Waals surface area (Å²) < 4.78 is 0. The van der Waals surface area contributed by atoms with Crippen LogP contribution in [0, 0.1) is 0 Å². The van der Waals surface area contributed by atoms with Crippen LogP contribution in [-0.4, -0.2) is 42.6 Å². The molecule has 0 atom stereocenters. The summed E-state index contributed by atoms with van der Waals surface area (Å²) in [5.74, 6) is 0. The zero-order valence-corrected chi connectivity index (χ0v) is 10.1. The molecule has 4 heteroatoms. The SMILES string of the molecule is CNC1CCN(CCc2nccs2)CC1. The molecule has 2 rings (SSSR count). The van der Waals surface area contributed by atoms with Crippen molar-refractivity contribution in [1.29, 1.82) is 0 Å². The third kappa shape index (κ3) is 3.26. The van der Waals surface area contributed by atoms with E-state index in [1.165, 1.54) is 37.5 Å². The second kappa shape index (κ2) is 5.58. The highest BCUT2D eigenvalue weighted by molar-refractivity contribution is 7.09. The van der Waals surface area contributed by atoms with Crippen molar-refractivity contribution in [2.45, 2.75) is 25.3 Å². The number of hydrogen-bond acceptors (Lipinski definition) is 4. The molecule has 0 aromatic carbocycles. The van der Waals surface area contributed by atoms with E-state index < -0.39 is 0 Å². The standard InChI is InChI=1S/C11H19N3S/c1-12-10-2-6-14(7-3-10)8-4-11-13-5-9-15-11/h5,9-10,12H,2-4,6-8H2,1H3. The Morgan fingerprint density at radius 1 is 1.53 bits per heavy atom. The summed E-state index contributed by atoms with van der Waals surface area (Å²) in [6.07, 6.45) is 5.58. The fraction of sp³-hybridized carbons (Fsp3) is 0.727. The van der Waals surface area contributed by atoms with Gasteiger partial charge in [-0.05, 0) is 33.0 Å². The van der Waals surface area contributed by atoms with E-state index in [1.807, 2.05) is 6.20 Å². The molecule has 0 saturated carbocycles. The Hall–Kier alpha value is -0.450. The van der Waals surface area contributed by atoms with Gasteiger partial charge in [-0.25, -0.2) is 4.98 Å². The molecular formula is C11H19N3S. The van der Waals surface area contributed by atoms with Crippen LogP contribution in [0.4, 0.5) is 0 Å². The summed E-state index contributed by atoms with van der Waals surface area (Å²) in [5.41, 5.74) is 0. The van der Waals surface area contributed by atoms with E-state index in [-0.39, 0.29) is 0 Å². The van der Waals surface area contributed by atoms with E-state index in [4.69, 9.17) is 0 Å². The predicted molar refractivity (Wildman–Crippen MR) is 64.3 cm³/mol. The number of nitrogens with one attached hydrogen (secondary N) is 1. The molecule has 1 aliphatic heterocycles. The highest BCUT2D eigenvalue weighted by Crippen LogP contribution is 2.11. The average molecular weight is 225 g/mol. The Morgan fingerprint density at radius 2 is 2.33 bits per heavy atom. The number of likely N-dealkylation sites (tertiary alicyclic amines) is 1. The maximum Gasteiger partial charge on any atom is 0.0937 e. The second-order valence-corrected chi connectivity index (χ2v) is 5.06. The molecular weight excluding hydrogens is 206 g/mol. The van der Waals surface area contributed by atoms with Crippen molar-refractivity contribution in [3.63, 3.8) is 0 Å². The van der Waals surface area contributed by atoms with Gasteiger partial charge in [-0.15, -0.1) is 11.3 Å². The maximum atomic E-state index is 4.31. The summed E-state index contributed by atoms with van der Waals surface area (Å²) in [7, 11) is 2.07. The van der Waals surface area contributed by atoms with Crippen molar-refractivity contribution in [1.82, 2.24) is 15.2 Å². The molecule has 0 radical (unpaired) electrons. The molecule has 3 nitrogen and oxygen atoms in total. The summed E-state index contributed by atoms with van der Waals surface area (Å²) in [6, 6.07) is 0.737. The smallest absolute Gasteiger partial charge is 0.0937 e. The molecule has 0 spiro atoms. The van der Waals surface area contributed by atoms with Gasteiger partial charge in [0.1, 0.15) is 0 Å². The van der Waals surface area contributed by atoms with Gasteiger partial charge in [0.25, 0.3) is 0 Å². The number of rotatable bonds is 4. The van der Waals surface area contributed by atoms with Crippen molar-refractivity contribution in [2.75, 3.05) is 26.7 Å². The largest absolute Gasteiger partial charge is 0.317 e. The lowest BCUT2D eigenvalue weighted by Gasteiger charge is -2.31. The third-order valence-corrected chi connectivity index (χ3v) is 3.96. The van der Waals surface area contributed by atoms with Crippen LogP contribution in [0.3, 0.4) is 0 Å². The van der Waals surface area contributed by atoms with Crippen LogP contribution in [0.25, 0.3) is 0 Å². The molecule has 0 aliphatic carbocycles. The van der Waals surface area contributed by atoms with Crippen molar-refractivity contribution < 1.29 is 0 Å². The summed E-state index contributed by atoms with van der Waals surface area (Å²) in [5, 5.41) is 6.68. The zero-order valence-electron chi connectivity index (χ0n) is 9.28. The van der Waals surface area contributed by atoms with Crippen molar-refractivity contribution in [3.05, 3.63) is 16.6 Å². The quantitative estimate of drug-likeness (QED) is 0.839. The number of thiazole rings is 1. The van der Waals surface area contributed by atoms with Crippen LogP contribution >= 0.6 is 11.3 Å². The van der Waals surface area contributed by atoms with Crippen LogP contribution in [-0.2, 0) is 6.42 Å². The molecule has 15 heavy (non-hydrogen) atoms. The highest BCUT2D eigenvalue weighted by Gasteiger charge is 2.17. The lowest BCUT2D eigenvalue weighted by molar-refractivity contribution is 0.204. The van der Waals surface area contributed by atoms with Crippen LogP contribution in [0.15, 0.2) is 11.6 Å². The molecule has 84 valence electrons. The van der Waals surface area contributed by atoms with Crippen molar-refractivity contribution in [3.8, 4) is 0 Å². The number of hydrogen-bond donors (Lipinski definition) is 1. The molecule has 0 amide bonds. The molecule has 1 aromatic heterocycles. The van der Waals surface area contributed by atoms with Crippen molar-refractivity contribution in [2.24, 2.45) is 0 Å². The van der Waals surface area contributed by atoms with Crippen LogP contribution in [0.1, 0.15) is 17.8 Å². The van der Waals surface area contributed by atoms with Gasteiger partial charge >= 0.3 is 0 Å². The Morgan fingerprint density at radius 3 is 2.93 bits per heavy atom. The van der Waals surface area contributed by atoms with Gasteiger partial charge in [-0.3, -0.25) is 0 Å². The molecule has 1 saturated heterocycles. The Balaban J connectivity index is 1.69. The van der Waals surface area contributed by atoms with E-state index >= 15 is 0 Å². The van der Waals surface area contributed by atoms with Gasteiger partial charge < -0.3 is 10.2 Å². The van der Waals surface area contributed by atoms with E-state index in [9.17, 15) is 0 Å². The lowest BCUT2D eigenvalue weighted by Crippen LogP contribution is -2.41. The Kier molecular flexibility index (Phi) is 4.11. The zero-order chi connectivity index (χ0) is 10.5. The van der Waals surface area contributed by atoms with E-state index in [0.717, 1.165) is 12.5 Å². The first-order chi connectivity index (χ1) is 7.38. The molecule has 0 unspecified atom stereocenters. The van der Waals surface area contributed by atoms with E-state index in [0.29, 0.717) is 0 Å². The molecule has 2 heterocycles. The van der Waals surface area contributed by atoms with Crippen LogP contribution < -0.4 is 5.32 Å². The van der Waals surface area contributed by atoms with Crippen molar-refractivity contribution >= 4 is 11.3 Å². The van der Waals surface area contributed by atoms with Gasteiger partial charge in [0, 0.05) is 30.6 Å². The topological polar surface area (TPSA) is 28.2 Å². The second-order valence-electron chi connectivity index (χ2n) is 4.08. The summed E-state index contributed by atoms with van der Waals surface area (Å²) in [6.45, 7) is 3.64. The third-order valence-electron chi connectivity index (χ3n) is 3.12. The predicted octanol–water partition coefficient (Wildman–Crippen LogP) is 1.37. The minimum atomic E-state index is 0.737. The molecule has 1 aliphatic rings. The van der Waals surface area contributed by atoms with Gasteiger partial charge in [0.15, 0.2) is 0 Å². The monoisotopic (exact) mass is 225 g/mol. The molecule has 1 N–H and O–H groups in total. The summed E-state index contributed by atoms with van der Waals surface area (Å²) in [4.78, 5) is 6.86. The molecule has 0 bridgehead atoms. The van der Waals surface area contributed by atoms with E-state index in [2.05, 4.69) is 27.6 Å². The minimum Gasteiger partial charge on any atom is -0.317 e. The van der Waals surface area contributed by atoms with Gasteiger partial charge in [0.2, 0.25) is 0 Å². The first-order valence-electron chi connectivity index (χ1n) is 5.66. The highest BCUT2D eigenvalue weighted by atomic mass is 32.1. The molecule has 1 aromatic rings. The normalized spacial score (nSPS) is 19.5. The summed E-state index contributed by atoms with van der Waals surface area (Å²) >= 11 is 1.77. The maximum absolute atomic E-state index is 4.31. The number of piperidine rings is 1. The first-order valence-corrected chi connectivity index (χ1v) is 6.54. The lowest BCUT2D eigenvalue weighted by atomic mass is 10.1. The Bertz CT molecular complexity index is 265. The number of aromatic nitrogens is 1.